The highest BCUT2D eigenvalue weighted by Gasteiger charge is 2.17. The molecule has 110 valence electrons. The average molecular weight is 324 g/mol. The standard InChI is InChI=1S/C15H14ClNO3S/c1-9(18)5-10-6-14(20-2)11(7-12(10)16)13(19)8-15-17-3-4-21-15/h3-4,6-7H,5,8H2,1-2H3. The van der Waals surface area contributed by atoms with Gasteiger partial charge in [0.05, 0.1) is 19.1 Å². The Morgan fingerprint density at radius 2 is 2.10 bits per heavy atom. The van der Waals surface area contributed by atoms with Crippen molar-refractivity contribution in [1.82, 2.24) is 4.98 Å². The predicted molar refractivity (Wildman–Crippen MR) is 82.5 cm³/mol. The highest BCUT2D eigenvalue weighted by molar-refractivity contribution is 7.09. The van der Waals surface area contributed by atoms with Gasteiger partial charge >= 0.3 is 0 Å². The number of carbonyl (C=O) groups excluding carboxylic acids is 2. The zero-order valence-corrected chi connectivity index (χ0v) is 13.3. The van der Waals surface area contributed by atoms with Gasteiger partial charge in [0.25, 0.3) is 0 Å². The molecule has 6 heteroatoms. The molecular weight excluding hydrogens is 310 g/mol. The molecule has 0 saturated carbocycles. The van der Waals surface area contributed by atoms with E-state index in [9.17, 15) is 9.59 Å². The number of benzene rings is 1. The summed E-state index contributed by atoms with van der Waals surface area (Å²) in [5.41, 5.74) is 1.07. The fraction of sp³-hybridized carbons (Fsp3) is 0.267. The third kappa shape index (κ3) is 3.89. The number of aromatic nitrogens is 1. The second-order valence-electron chi connectivity index (χ2n) is 4.55. The minimum atomic E-state index is -0.113. The highest BCUT2D eigenvalue weighted by Crippen LogP contribution is 2.29. The Hall–Kier alpha value is -1.72. The molecule has 0 aliphatic rings. The third-order valence-electron chi connectivity index (χ3n) is 2.90. The van der Waals surface area contributed by atoms with Crippen LogP contribution in [-0.2, 0) is 17.6 Å². The number of ketones is 2. The van der Waals surface area contributed by atoms with Gasteiger partial charge < -0.3 is 4.74 Å². The molecule has 0 saturated heterocycles. The Kier molecular flexibility index (Phi) is 5.09. The number of thiazole rings is 1. The number of methoxy groups -OCH3 is 1. The van der Waals surface area contributed by atoms with Crippen molar-refractivity contribution in [2.24, 2.45) is 0 Å². The maximum Gasteiger partial charge on any atom is 0.173 e. The number of carbonyl (C=O) groups is 2. The fourth-order valence-corrected chi connectivity index (χ4v) is 2.80. The lowest BCUT2D eigenvalue weighted by Gasteiger charge is -2.11. The van der Waals surface area contributed by atoms with Crippen LogP contribution in [0.5, 0.6) is 5.75 Å². The molecule has 0 fully saturated rings. The lowest BCUT2D eigenvalue weighted by molar-refractivity contribution is -0.116. The molecule has 0 spiro atoms. The first-order valence-corrected chi connectivity index (χ1v) is 7.54. The molecule has 0 N–H and O–H groups in total. The molecule has 0 bridgehead atoms. The highest BCUT2D eigenvalue weighted by atomic mass is 35.5. The minimum Gasteiger partial charge on any atom is -0.496 e. The predicted octanol–water partition coefficient (Wildman–Crippen LogP) is 3.36. The number of ether oxygens (including phenoxy) is 1. The molecule has 2 rings (SSSR count). The van der Waals surface area contributed by atoms with Gasteiger partial charge in [-0.1, -0.05) is 11.6 Å². The van der Waals surface area contributed by atoms with Crippen LogP contribution in [0, 0.1) is 0 Å². The molecule has 2 aromatic rings. The van der Waals surface area contributed by atoms with Gasteiger partial charge in [0.15, 0.2) is 5.78 Å². The lowest BCUT2D eigenvalue weighted by atomic mass is 10.0. The first kappa shape index (κ1) is 15.7. The maximum absolute atomic E-state index is 12.3. The Balaban J connectivity index is 2.32. The fourth-order valence-electron chi connectivity index (χ4n) is 1.96. The van der Waals surface area contributed by atoms with E-state index in [2.05, 4.69) is 4.98 Å². The van der Waals surface area contributed by atoms with E-state index in [1.165, 1.54) is 25.4 Å². The van der Waals surface area contributed by atoms with Crippen LogP contribution in [0.25, 0.3) is 0 Å². The van der Waals surface area contributed by atoms with Crippen LogP contribution in [0.3, 0.4) is 0 Å². The molecule has 21 heavy (non-hydrogen) atoms. The number of Topliss-reactive ketones (excluding diaryl/α,β-unsaturated/α-hetero) is 2. The molecule has 0 aliphatic heterocycles. The average Bonchev–Trinajstić information content (AvgIpc) is 2.92. The molecule has 0 amide bonds. The topological polar surface area (TPSA) is 56.3 Å². The molecule has 0 atom stereocenters. The molecule has 1 aromatic carbocycles. The van der Waals surface area contributed by atoms with Gasteiger partial charge in [-0.15, -0.1) is 11.3 Å². The van der Waals surface area contributed by atoms with E-state index in [-0.39, 0.29) is 24.4 Å². The van der Waals surface area contributed by atoms with Crippen LogP contribution in [0.1, 0.15) is 27.9 Å². The second-order valence-corrected chi connectivity index (χ2v) is 5.93. The first-order valence-electron chi connectivity index (χ1n) is 6.28. The van der Waals surface area contributed by atoms with Gasteiger partial charge in [0.2, 0.25) is 0 Å². The SMILES string of the molecule is COc1cc(CC(C)=O)c(Cl)cc1C(=O)Cc1nccs1. The van der Waals surface area contributed by atoms with Crippen LogP contribution < -0.4 is 4.74 Å². The van der Waals surface area contributed by atoms with E-state index < -0.39 is 0 Å². The van der Waals surface area contributed by atoms with Gasteiger partial charge in [-0.2, -0.15) is 0 Å². The largest absolute Gasteiger partial charge is 0.496 e. The molecule has 0 radical (unpaired) electrons. The molecule has 0 aliphatic carbocycles. The van der Waals surface area contributed by atoms with E-state index in [0.29, 0.717) is 21.9 Å². The zero-order valence-electron chi connectivity index (χ0n) is 11.7. The minimum absolute atomic E-state index is 0.000755. The van der Waals surface area contributed by atoms with Crippen LogP contribution >= 0.6 is 22.9 Å². The van der Waals surface area contributed by atoms with Crippen LogP contribution in [0.2, 0.25) is 5.02 Å². The Morgan fingerprint density at radius 3 is 2.67 bits per heavy atom. The van der Waals surface area contributed by atoms with Crippen molar-refractivity contribution in [2.45, 2.75) is 19.8 Å². The number of rotatable bonds is 6. The number of hydrogen-bond donors (Lipinski definition) is 0. The van der Waals surface area contributed by atoms with Crippen molar-refractivity contribution >= 4 is 34.5 Å². The smallest absolute Gasteiger partial charge is 0.173 e. The van der Waals surface area contributed by atoms with Gasteiger partial charge in [-0.25, -0.2) is 4.98 Å². The first-order chi connectivity index (χ1) is 10.0. The second kappa shape index (κ2) is 6.83. The van der Waals surface area contributed by atoms with Crippen molar-refractivity contribution in [1.29, 1.82) is 0 Å². The Morgan fingerprint density at radius 1 is 1.33 bits per heavy atom. The molecule has 4 nitrogen and oxygen atoms in total. The quantitative estimate of drug-likeness (QED) is 0.765. The van der Waals surface area contributed by atoms with Crippen molar-refractivity contribution in [2.75, 3.05) is 7.11 Å². The van der Waals surface area contributed by atoms with Crippen LogP contribution in [0.4, 0.5) is 0 Å². The summed E-state index contributed by atoms with van der Waals surface area (Å²) in [7, 11) is 1.49. The molecule has 1 aromatic heterocycles. The summed E-state index contributed by atoms with van der Waals surface area (Å²) >= 11 is 7.58. The summed E-state index contributed by atoms with van der Waals surface area (Å²) in [6, 6.07) is 3.22. The van der Waals surface area contributed by atoms with Crippen LogP contribution in [0.15, 0.2) is 23.7 Å². The van der Waals surface area contributed by atoms with Crippen molar-refractivity contribution in [3.63, 3.8) is 0 Å². The van der Waals surface area contributed by atoms with E-state index >= 15 is 0 Å². The van der Waals surface area contributed by atoms with Crippen LogP contribution in [-0.4, -0.2) is 23.7 Å². The summed E-state index contributed by atoms with van der Waals surface area (Å²) in [5, 5.41) is 2.96. The summed E-state index contributed by atoms with van der Waals surface area (Å²) in [6.45, 7) is 1.49. The van der Waals surface area contributed by atoms with E-state index in [4.69, 9.17) is 16.3 Å². The van der Waals surface area contributed by atoms with Crippen molar-refractivity contribution < 1.29 is 14.3 Å². The van der Waals surface area contributed by atoms with Gasteiger partial charge in [0.1, 0.15) is 16.5 Å². The Labute approximate surface area is 131 Å². The third-order valence-corrected chi connectivity index (χ3v) is 4.04. The van der Waals surface area contributed by atoms with Crippen molar-refractivity contribution in [3.8, 4) is 5.75 Å². The van der Waals surface area contributed by atoms with E-state index in [0.717, 1.165) is 5.01 Å². The Bertz CT molecular complexity index is 668. The maximum atomic E-state index is 12.3. The number of halogens is 1. The lowest BCUT2D eigenvalue weighted by Crippen LogP contribution is -2.07. The monoisotopic (exact) mass is 323 g/mol. The molecular formula is C15H14ClNO3S. The van der Waals surface area contributed by atoms with E-state index in [1.54, 1.807) is 18.3 Å². The normalized spacial score (nSPS) is 10.4. The summed E-state index contributed by atoms with van der Waals surface area (Å²) in [6.07, 6.45) is 2.08. The number of nitrogens with zero attached hydrogens (tertiary/aromatic N) is 1. The molecule has 1 heterocycles. The summed E-state index contributed by atoms with van der Waals surface area (Å²) < 4.78 is 5.26. The number of hydrogen-bond acceptors (Lipinski definition) is 5. The summed E-state index contributed by atoms with van der Waals surface area (Å²) in [5.74, 6) is 0.316. The van der Waals surface area contributed by atoms with Gasteiger partial charge in [-0.05, 0) is 24.6 Å². The molecule has 0 unspecified atom stereocenters. The van der Waals surface area contributed by atoms with Gasteiger partial charge in [0, 0.05) is 23.0 Å². The van der Waals surface area contributed by atoms with E-state index in [1.807, 2.05) is 5.38 Å². The van der Waals surface area contributed by atoms with Gasteiger partial charge in [-0.3, -0.25) is 9.59 Å². The van der Waals surface area contributed by atoms with Crippen molar-refractivity contribution in [3.05, 3.63) is 44.9 Å². The zero-order chi connectivity index (χ0) is 15.4. The summed E-state index contributed by atoms with van der Waals surface area (Å²) in [4.78, 5) is 27.7.